The van der Waals surface area contributed by atoms with E-state index in [0.717, 1.165) is 0 Å². The van der Waals surface area contributed by atoms with E-state index in [1.165, 1.54) is 12.4 Å². The number of hydrogen-bond acceptors (Lipinski definition) is 6. The van der Waals surface area contributed by atoms with Gasteiger partial charge in [-0.2, -0.15) is 0 Å². The van der Waals surface area contributed by atoms with Crippen LogP contribution in [0.25, 0.3) is 0 Å². The zero-order chi connectivity index (χ0) is 17.2. The fourth-order valence-electron chi connectivity index (χ4n) is 2.80. The highest BCUT2D eigenvalue weighted by atomic mass is 16.6. The van der Waals surface area contributed by atoms with Crippen molar-refractivity contribution in [1.82, 2.24) is 9.88 Å². The standard InChI is InChI=1S/C16H23N3O4/c1-16(2,3)23-15(22)11-6-9-19(13(11)17)12(14(20)21)10-4-7-18-8-5-10/h4-5,7-8,11-13H,6,9,17H2,1-3H3,(H,20,21)/t11-,12+,13+/m1/s1. The summed E-state index contributed by atoms with van der Waals surface area (Å²) in [5.41, 5.74) is 6.16. The lowest BCUT2D eigenvalue weighted by atomic mass is 10.0. The minimum atomic E-state index is -1.00. The van der Waals surface area contributed by atoms with Gasteiger partial charge >= 0.3 is 11.9 Å². The Kier molecular flexibility index (Phi) is 5.01. The van der Waals surface area contributed by atoms with Crippen LogP contribution < -0.4 is 5.73 Å². The van der Waals surface area contributed by atoms with E-state index in [2.05, 4.69) is 4.98 Å². The van der Waals surface area contributed by atoms with Crippen LogP contribution in [0.3, 0.4) is 0 Å². The van der Waals surface area contributed by atoms with Crippen LogP contribution in [0.15, 0.2) is 24.5 Å². The molecule has 1 fully saturated rings. The van der Waals surface area contributed by atoms with Gasteiger partial charge in [-0.3, -0.25) is 19.5 Å². The van der Waals surface area contributed by atoms with Crippen LogP contribution in [0.1, 0.15) is 38.8 Å². The first-order valence-electron chi connectivity index (χ1n) is 7.57. The lowest BCUT2D eigenvalue weighted by molar-refractivity contribution is -0.161. The second-order valence-corrected chi connectivity index (χ2v) is 6.68. The monoisotopic (exact) mass is 321 g/mol. The van der Waals surface area contributed by atoms with Gasteiger partial charge < -0.3 is 15.6 Å². The maximum absolute atomic E-state index is 12.3. The van der Waals surface area contributed by atoms with Crippen molar-refractivity contribution in [3.8, 4) is 0 Å². The van der Waals surface area contributed by atoms with Crippen LogP contribution in [0, 0.1) is 5.92 Å². The van der Waals surface area contributed by atoms with Crippen LogP contribution in [0.2, 0.25) is 0 Å². The molecule has 7 heteroatoms. The molecule has 1 saturated heterocycles. The molecule has 3 N–H and O–H groups in total. The van der Waals surface area contributed by atoms with E-state index in [4.69, 9.17) is 10.5 Å². The largest absolute Gasteiger partial charge is 0.480 e. The smallest absolute Gasteiger partial charge is 0.325 e. The normalized spacial score (nSPS) is 23.5. The van der Waals surface area contributed by atoms with Crippen LogP contribution in [0.5, 0.6) is 0 Å². The van der Waals surface area contributed by atoms with Crippen molar-refractivity contribution in [2.24, 2.45) is 11.7 Å². The highest BCUT2D eigenvalue weighted by molar-refractivity contribution is 5.77. The van der Waals surface area contributed by atoms with Crippen molar-refractivity contribution in [2.45, 2.75) is 45.0 Å². The molecule has 3 atom stereocenters. The SMILES string of the molecule is CC(C)(C)OC(=O)[C@@H]1CCN([C@H](C(=O)O)c2ccncc2)[C@@H]1N. The number of rotatable bonds is 4. The summed E-state index contributed by atoms with van der Waals surface area (Å²) < 4.78 is 5.38. The number of carboxylic acid groups (broad SMARTS) is 1. The molecule has 0 bridgehead atoms. The van der Waals surface area contributed by atoms with Gasteiger partial charge in [-0.1, -0.05) is 0 Å². The highest BCUT2D eigenvalue weighted by Crippen LogP contribution is 2.32. The molecule has 0 aliphatic carbocycles. The third kappa shape index (κ3) is 4.05. The minimum absolute atomic E-state index is 0.383. The fourth-order valence-corrected chi connectivity index (χ4v) is 2.80. The van der Waals surface area contributed by atoms with Crippen LogP contribution in [0.4, 0.5) is 0 Å². The summed E-state index contributed by atoms with van der Waals surface area (Å²) in [4.78, 5) is 29.5. The van der Waals surface area contributed by atoms with E-state index in [1.807, 2.05) is 0 Å². The van der Waals surface area contributed by atoms with Crippen molar-refractivity contribution in [1.29, 1.82) is 0 Å². The van der Waals surface area contributed by atoms with Crippen molar-refractivity contribution in [2.75, 3.05) is 6.54 Å². The second kappa shape index (κ2) is 6.64. The average Bonchev–Trinajstić information content (AvgIpc) is 2.80. The van der Waals surface area contributed by atoms with Gasteiger partial charge in [0.2, 0.25) is 0 Å². The summed E-state index contributed by atoms with van der Waals surface area (Å²) in [5.74, 6) is -1.92. The van der Waals surface area contributed by atoms with E-state index < -0.39 is 29.7 Å². The molecular weight excluding hydrogens is 298 g/mol. The number of likely N-dealkylation sites (tertiary alicyclic amines) is 1. The van der Waals surface area contributed by atoms with E-state index in [0.29, 0.717) is 18.5 Å². The molecule has 7 nitrogen and oxygen atoms in total. The van der Waals surface area contributed by atoms with Gasteiger partial charge in [0.25, 0.3) is 0 Å². The van der Waals surface area contributed by atoms with Gasteiger partial charge in [0, 0.05) is 18.9 Å². The summed E-state index contributed by atoms with van der Waals surface area (Å²) in [5, 5.41) is 9.58. The molecule has 1 aromatic rings. The van der Waals surface area contributed by atoms with Gasteiger partial charge in [0.15, 0.2) is 0 Å². The van der Waals surface area contributed by atoms with E-state index in [-0.39, 0.29) is 5.97 Å². The van der Waals surface area contributed by atoms with Crippen molar-refractivity contribution in [3.05, 3.63) is 30.1 Å². The number of nitrogens with zero attached hydrogens (tertiary/aromatic N) is 2. The summed E-state index contributed by atoms with van der Waals surface area (Å²) in [6.45, 7) is 5.80. The first-order chi connectivity index (χ1) is 10.7. The van der Waals surface area contributed by atoms with Gasteiger partial charge in [-0.15, -0.1) is 0 Å². The highest BCUT2D eigenvalue weighted by Gasteiger charge is 2.43. The molecule has 1 aromatic heterocycles. The van der Waals surface area contributed by atoms with E-state index in [1.54, 1.807) is 37.8 Å². The van der Waals surface area contributed by atoms with Crippen LogP contribution >= 0.6 is 0 Å². The Bertz CT molecular complexity index is 570. The van der Waals surface area contributed by atoms with Crippen molar-refractivity contribution in [3.63, 3.8) is 0 Å². The molecule has 0 spiro atoms. The number of carboxylic acids is 1. The molecule has 0 unspecified atom stereocenters. The number of nitrogens with two attached hydrogens (primary N) is 1. The lowest BCUT2D eigenvalue weighted by Gasteiger charge is -2.30. The van der Waals surface area contributed by atoms with Crippen molar-refractivity contribution < 1.29 is 19.4 Å². The Balaban J connectivity index is 2.18. The van der Waals surface area contributed by atoms with E-state index in [9.17, 15) is 14.7 Å². The van der Waals surface area contributed by atoms with E-state index >= 15 is 0 Å². The topological polar surface area (TPSA) is 106 Å². The summed E-state index contributed by atoms with van der Waals surface area (Å²) >= 11 is 0. The third-order valence-electron chi connectivity index (χ3n) is 3.79. The Hall–Kier alpha value is -1.99. The molecule has 2 heterocycles. The quantitative estimate of drug-likeness (QED) is 0.801. The summed E-state index contributed by atoms with van der Waals surface area (Å²) in [7, 11) is 0. The Morgan fingerprint density at radius 1 is 1.39 bits per heavy atom. The van der Waals surface area contributed by atoms with Gasteiger partial charge in [0.05, 0.1) is 12.1 Å². The average molecular weight is 321 g/mol. The number of pyridine rings is 1. The number of carbonyl (C=O) groups is 2. The lowest BCUT2D eigenvalue weighted by Crippen LogP contribution is -2.47. The number of carbonyl (C=O) groups excluding carboxylic acids is 1. The second-order valence-electron chi connectivity index (χ2n) is 6.68. The zero-order valence-corrected chi connectivity index (χ0v) is 13.6. The number of aliphatic carboxylic acids is 1. The van der Waals surface area contributed by atoms with Gasteiger partial charge in [0.1, 0.15) is 11.6 Å². The molecule has 2 rings (SSSR count). The fraction of sp³-hybridized carbons (Fsp3) is 0.562. The Morgan fingerprint density at radius 3 is 2.52 bits per heavy atom. The summed E-state index contributed by atoms with van der Waals surface area (Å²) in [6.07, 6.45) is 2.86. The predicted molar refractivity (Wildman–Crippen MR) is 83.2 cm³/mol. The third-order valence-corrected chi connectivity index (χ3v) is 3.79. The Labute approximate surface area is 135 Å². The maximum Gasteiger partial charge on any atom is 0.325 e. The molecule has 1 aliphatic rings. The van der Waals surface area contributed by atoms with Gasteiger partial charge in [-0.25, -0.2) is 0 Å². The molecule has 0 saturated carbocycles. The Morgan fingerprint density at radius 2 is 2.00 bits per heavy atom. The molecule has 0 aromatic carbocycles. The first-order valence-corrected chi connectivity index (χ1v) is 7.57. The maximum atomic E-state index is 12.3. The number of aromatic nitrogens is 1. The number of esters is 1. The first kappa shape index (κ1) is 17.4. The minimum Gasteiger partial charge on any atom is -0.480 e. The molecule has 126 valence electrons. The number of hydrogen-bond donors (Lipinski definition) is 2. The molecule has 0 amide bonds. The summed E-state index contributed by atoms with van der Waals surface area (Å²) in [6, 6.07) is 2.39. The van der Waals surface area contributed by atoms with Crippen LogP contribution in [-0.2, 0) is 14.3 Å². The number of ether oxygens (including phenoxy) is 1. The molecule has 0 radical (unpaired) electrons. The molecular formula is C16H23N3O4. The molecule has 1 aliphatic heterocycles. The predicted octanol–water partition coefficient (Wildman–Crippen LogP) is 1.16. The van der Waals surface area contributed by atoms with Gasteiger partial charge in [-0.05, 0) is 44.9 Å². The zero-order valence-electron chi connectivity index (χ0n) is 13.6. The van der Waals surface area contributed by atoms with Crippen molar-refractivity contribution >= 4 is 11.9 Å². The van der Waals surface area contributed by atoms with Crippen LogP contribution in [-0.4, -0.2) is 45.2 Å². The molecule has 23 heavy (non-hydrogen) atoms.